The first-order valence-electron chi connectivity index (χ1n) is 6.48. The predicted molar refractivity (Wildman–Crippen MR) is 71.5 cm³/mol. The Kier molecular flexibility index (Phi) is 2.82. The summed E-state index contributed by atoms with van der Waals surface area (Å²) in [7, 11) is 0. The van der Waals surface area contributed by atoms with E-state index in [9.17, 15) is 0 Å². The molecule has 1 saturated carbocycles. The Morgan fingerprint density at radius 3 is 2.94 bits per heavy atom. The molecule has 94 valence electrons. The lowest BCUT2D eigenvalue weighted by atomic mass is 10.3. The Labute approximate surface area is 107 Å². The van der Waals surface area contributed by atoms with Gasteiger partial charge >= 0.3 is 0 Å². The van der Waals surface area contributed by atoms with Crippen molar-refractivity contribution >= 4 is 5.69 Å². The lowest BCUT2D eigenvalue weighted by Gasteiger charge is -2.06. The van der Waals surface area contributed by atoms with E-state index in [-0.39, 0.29) is 0 Å². The largest absolute Gasteiger partial charge is 0.464 e. The van der Waals surface area contributed by atoms with E-state index in [1.807, 2.05) is 19.1 Å². The second-order valence-corrected chi connectivity index (χ2v) is 5.11. The summed E-state index contributed by atoms with van der Waals surface area (Å²) in [6, 6.07) is 8.16. The van der Waals surface area contributed by atoms with Gasteiger partial charge in [0.25, 0.3) is 0 Å². The van der Waals surface area contributed by atoms with Crippen LogP contribution in [0.3, 0.4) is 0 Å². The first-order chi connectivity index (χ1) is 8.74. The van der Waals surface area contributed by atoms with Gasteiger partial charge < -0.3 is 9.73 Å². The Morgan fingerprint density at radius 1 is 1.39 bits per heavy atom. The van der Waals surface area contributed by atoms with Crippen LogP contribution in [0.5, 0.6) is 0 Å². The van der Waals surface area contributed by atoms with Crippen LogP contribution in [0.4, 0.5) is 5.69 Å². The number of nitrogens with one attached hydrogen (secondary N) is 1. The Morgan fingerprint density at radius 2 is 2.22 bits per heavy atom. The number of aryl methyl sites for hydroxylation is 1. The van der Waals surface area contributed by atoms with Crippen molar-refractivity contribution in [2.45, 2.75) is 32.7 Å². The second kappa shape index (κ2) is 4.48. The van der Waals surface area contributed by atoms with E-state index in [1.54, 1.807) is 6.20 Å². The summed E-state index contributed by atoms with van der Waals surface area (Å²) < 4.78 is 5.86. The van der Waals surface area contributed by atoms with Crippen LogP contribution in [0.1, 0.15) is 36.5 Å². The fraction of sp³-hybridized carbons (Fsp3) is 0.400. The Balaban J connectivity index is 1.63. The number of hydrogen-bond donors (Lipinski definition) is 1. The molecule has 2 heterocycles. The maximum Gasteiger partial charge on any atom is 0.123 e. The van der Waals surface area contributed by atoms with E-state index in [4.69, 9.17) is 4.42 Å². The van der Waals surface area contributed by atoms with E-state index >= 15 is 0 Å². The third-order valence-corrected chi connectivity index (χ3v) is 3.62. The lowest BCUT2D eigenvalue weighted by molar-refractivity contribution is 0.468. The summed E-state index contributed by atoms with van der Waals surface area (Å²) in [6.45, 7) is 4.99. The highest BCUT2D eigenvalue weighted by atomic mass is 16.3. The highest BCUT2D eigenvalue weighted by Crippen LogP contribution is 2.47. The summed E-state index contributed by atoms with van der Waals surface area (Å²) in [4.78, 5) is 4.25. The van der Waals surface area contributed by atoms with Crippen molar-refractivity contribution in [1.82, 2.24) is 4.98 Å². The summed E-state index contributed by atoms with van der Waals surface area (Å²) in [6.07, 6.45) is 3.07. The molecule has 2 atom stereocenters. The number of nitrogens with zero attached hydrogens (tertiary/aromatic N) is 1. The molecule has 2 unspecified atom stereocenters. The molecule has 2 aromatic rings. The van der Waals surface area contributed by atoms with Gasteiger partial charge in [0.1, 0.15) is 11.5 Å². The third-order valence-electron chi connectivity index (χ3n) is 3.62. The van der Waals surface area contributed by atoms with Crippen molar-refractivity contribution in [3.05, 3.63) is 47.7 Å². The zero-order chi connectivity index (χ0) is 12.5. The van der Waals surface area contributed by atoms with Gasteiger partial charge in [-0.1, -0.05) is 6.92 Å². The summed E-state index contributed by atoms with van der Waals surface area (Å²) >= 11 is 0. The number of hydrogen-bond acceptors (Lipinski definition) is 3. The van der Waals surface area contributed by atoms with Crippen LogP contribution in [-0.2, 0) is 6.54 Å². The molecule has 0 bridgehead atoms. The predicted octanol–water partition coefficient (Wildman–Crippen LogP) is 3.72. The molecular formula is C15H18N2O. The minimum Gasteiger partial charge on any atom is -0.464 e. The van der Waals surface area contributed by atoms with Crippen molar-refractivity contribution in [1.29, 1.82) is 0 Å². The van der Waals surface area contributed by atoms with E-state index in [0.29, 0.717) is 12.5 Å². The normalized spacial score (nSPS) is 21.9. The zero-order valence-electron chi connectivity index (χ0n) is 10.8. The number of aromatic nitrogens is 1. The molecule has 18 heavy (non-hydrogen) atoms. The van der Waals surface area contributed by atoms with Gasteiger partial charge in [-0.2, -0.15) is 0 Å². The summed E-state index contributed by atoms with van der Waals surface area (Å²) in [5.41, 5.74) is 2.08. The van der Waals surface area contributed by atoms with Gasteiger partial charge in [-0.15, -0.1) is 0 Å². The number of anilines is 1. The summed E-state index contributed by atoms with van der Waals surface area (Å²) in [5.74, 6) is 3.57. The first kappa shape index (κ1) is 11.3. The molecule has 0 aliphatic heterocycles. The summed E-state index contributed by atoms with van der Waals surface area (Å²) in [5, 5.41) is 3.36. The molecule has 0 spiro atoms. The van der Waals surface area contributed by atoms with Gasteiger partial charge in [0.05, 0.1) is 17.9 Å². The van der Waals surface area contributed by atoms with Crippen LogP contribution in [0.2, 0.25) is 0 Å². The van der Waals surface area contributed by atoms with Gasteiger partial charge in [-0.05, 0) is 43.5 Å². The van der Waals surface area contributed by atoms with E-state index < -0.39 is 0 Å². The minimum atomic E-state index is 0.652. The van der Waals surface area contributed by atoms with Crippen LogP contribution < -0.4 is 5.32 Å². The highest BCUT2D eigenvalue weighted by molar-refractivity contribution is 5.46. The molecule has 1 N–H and O–H groups in total. The van der Waals surface area contributed by atoms with Crippen LogP contribution in [0, 0.1) is 12.8 Å². The average molecular weight is 242 g/mol. The zero-order valence-corrected chi connectivity index (χ0v) is 10.8. The molecule has 0 radical (unpaired) electrons. The molecule has 0 aromatic carbocycles. The molecule has 3 heteroatoms. The first-order valence-corrected chi connectivity index (χ1v) is 6.48. The standard InChI is InChI=1S/C15H18N2O/c1-10-8-13(10)15-6-5-12(18-15)9-17-14-4-3-7-16-11(14)2/h3-7,10,13,17H,8-9H2,1-2H3. The Bertz CT molecular complexity index is 547. The maximum atomic E-state index is 5.86. The van der Waals surface area contributed by atoms with Crippen molar-refractivity contribution in [2.24, 2.45) is 5.92 Å². The quantitative estimate of drug-likeness (QED) is 0.888. The molecule has 1 aliphatic rings. The van der Waals surface area contributed by atoms with Crippen molar-refractivity contribution in [2.75, 3.05) is 5.32 Å². The molecule has 0 saturated heterocycles. The van der Waals surface area contributed by atoms with Crippen LogP contribution in [0.15, 0.2) is 34.9 Å². The van der Waals surface area contributed by atoms with Crippen molar-refractivity contribution < 1.29 is 4.42 Å². The molecule has 3 rings (SSSR count). The van der Waals surface area contributed by atoms with Gasteiger partial charge in [-0.3, -0.25) is 4.98 Å². The highest BCUT2D eigenvalue weighted by Gasteiger charge is 2.36. The van der Waals surface area contributed by atoms with Gasteiger partial charge in [0, 0.05) is 12.1 Å². The van der Waals surface area contributed by atoms with E-state index in [1.165, 1.54) is 6.42 Å². The van der Waals surface area contributed by atoms with Gasteiger partial charge in [0.15, 0.2) is 0 Å². The fourth-order valence-corrected chi connectivity index (χ4v) is 2.26. The topological polar surface area (TPSA) is 38.1 Å². The Hall–Kier alpha value is -1.77. The van der Waals surface area contributed by atoms with Crippen molar-refractivity contribution in [3.63, 3.8) is 0 Å². The van der Waals surface area contributed by atoms with Gasteiger partial charge in [0.2, 0.25) is 0 Å². The van der Waals surface area contributed by atoms with Crippen LogP contribution in [0.25, 0.3) is 0 Å². The average Bonchev–Trinajstić information content (AvgIpc) is 2.91. The monoisotopic (exact) mass is 242 g/mol. The van der Waals surface area contributed by atoms with Gasteiger partial charge in [-0.25, -0.2) is 0 Å². The van der Waals surface area contributed by atoms with E-state index in [0.717, 1.165) is 28.8 Å². The number of pyridine rings is 1. The molecule has 3 nitrogen and oxygen atoms in total. The van der Waals surface area contributed by atoms with Crippen molar-refractivity contribution in [3.8, 4) is 0 Å². The molecule has 2 aromatic heterocycles. The molecular weight excluding hydrogens is 224 g/mol. The lowest BCUT2D eigenvalue weighted by Crippen LogP contribution is -2.00. The van der Waals surface area contributed by atoms with E-state index in [2.05, 4.69) is 29.4 Å². The smallest absolute Gasteiger partial charge is 0.123 e. The third kappa shape index (κ3) is 2.26. The number of furan rings is 1. The number of rotatable bonds is 4. The van der Waals surface area contributed by atoms with Crippen LogP contribution >= 0.6 is 0 Å². The minimum absolute atomic E-state index is 0.652. The second-order valence-electron chi connectivity index (χ2n) is 5.11. The fourth-order valence-electron chi connectivity index (χ4n) is 2.26. The maximum absolute atomic E-state index is 5.86. The van der Waals surface area contributed by atoms with Crippen LogP contribution in [-0.4, -0.2) is 4.98 Å². The molecule has 1 aliphatic carbocycles. The molecule has 1 fully saturated rings. The SMILES string of the molecule is Cc1ncccc1NCc1ccc(C2CC2C)o1. The molecule has 0 amide bonds.